The number of H-pyrrole nitrogens is 1. The van der Waals surface area contributed by atoms with Gasteiger partial charge in [0, 0.05) is 5.75 Å². The third-order valence-electron chi connectivity index (χ3n) is 2.32. The van der Waals surface area contributed by atoms with Crippen molar-refractivity contribution in [2.24, 2.45) is 0 Å². The summed E-state index contributed by atoms with van der Waals surface area (Å²) in [5.74, 6) is -0.446. The zero-order valence-electron chi connectivity index (χ0n) is 10.0. The van der Waals surface area contributed by atoms with Gasteiger partial charge in [0.2, 0.25) is 11.1 Å². The molecule has 0 spiro atoms. The van der Waals surface area contributed by atoms with Crippen molar-refractivity contribution in [2.75, 3.05) is 12.8 Å². The van der Waals surface area contributed by atoms with Crippen molar-refractivity contribution in [2.45, 2.75) is 10.9 Å². The van der Waals surface area contributed by atoms with Crippen LogP contribution in [0.2, 0.25) is 0 Å². The van der Waals surface area contributed by atoms with Gasteiger partial charge in [0.05, 0.1) is 12.7 Å². The normalized spacial score (nSPS) is 10.4. The number of halogens is 1. The minimum Gasteiger partial charge on any atom is -0.465 e. The highest BCUT2D eigenvalue weighted by Gasteiger charge is 2.14. The molecular formula is C11H11FN4O2S. The Morgan fingerprint density at radius 1 is 1.58 bits per heavy atom. The van der Waals surface area contributed by atoms with Crippen LogP contribution in [0.4, 0.5) is 10.3 Å². The molecule has 0 saturated carbocycles. The number of methoxy groups -OCH3 is 1. The maximum atomic E-state index is 13.1. The maximum absolute atomic E-state index is 13.1. The Hall–Kier alpha value is -2.09. The van der Waals surface area contributed by atoms with Crippen molar-refractivity contribution in [3.05, 3.63) is 35.1 Å². The van der Waals surface area contributed by atoms with Crippen molar-refractivity contribution in [3.8, 4) is 0 Å². The molecule has 1 heterocycles. The lowest BCUT2D eigenvalue weighted by Crippen LogP contribution is -2.05. The fourth-order valence-corrected chi connectivity index (χ4v) is 2.25. The van der Waals surface area contributed by atoms with Crippen LogP contribution in [0.5, 0.6) is 0 Å². The Morgan fingerprint density at radius 2 is 2.37 bits per heavy atom. The highest BCUT2D eigenvalue weighted by Crippen LogP contribution is 2.23. The van der Waals surface area contributed by atoms with E-state index in [4.69, 9.17) is 5.73 Å². The number of aromatic nitrogens is 3. The molecule has 0 radical (unpaired) electrons. The molecule has 19 heavy (non-hydrogen) atoms. The molecule has 3 N–H and O–H groups in total. The Balaban J connectivity index is 2.17. The standard InChI is InChI=1S/C11H11FN4O2S/c1-18-9(17)8-4-7(12)3-2-6(8)5-19-11-14-10(13)15-16-11/h2-4H,5H2,1H3,(H3,13,14,15,16). The summed E-state index contributed by atoms with van der Waals surface area (Å²) in [6.07, 6.45) is 0. The lowest BCUT2D eigenvalue weighted by atomic mass is 10.1. The summed E-state index contributed by atoms with van der Waals surface area (Å²) in [6.45, 7) is 0. The van der Waals surface area contributed by atoms with Crippen LogP contribution < -0.4 is 5.73 Å². The van der Waals surface area contributed by atoms with Gasteiger partial charge in [0.1, 0.15) is 5.82 Å². The Morgan fingerprint density at radius 3 is 3.00 bits per heavy atom. The van der Waals surface area contributed by atoms with Gasteiger partial charge in [0.25, 0.3) is 0 Å². The van der Waals surface area contributed by atoms with Gasteiger partial charge >= 0.3 is 5.97 Å². The second-order valence-corrected chi connectivity index (χ2v) is 4.53. The van der Waals surface area contributed by atoms with Gasteiger partial charge < -0.3 is 10.5 Å². The number of ether oxygens (including phenoxy) is 1. The molecule has 6 nitrogen and oxygen atoms in total. The van der Waals surface area contributed by atoms with E-state index in [0.717, 1.165) is 6.07 Å². The van der Waals surface area contributed by atoms with Crippen LogP contribution >= 0.6 is 11.8 Å². The van der Waals surface area contributed by atoms with Crippen LogP contribution in [0.3, 0.4) is 0 Å². The number of nitrogens with one attached hydrogen (secondary N) is 1. The summed E-state index contributed by atoms with van der Waals surface area (Å²) in [5.41, 5.74) is 6.23. The van der Waals surface area contributed by atoms with E-state index in [0.29, 0.717) is 16.5 Å². The minimum atomic E-state index is -0.579. The largest absolute Gasteiger partial charge is 0.465 e. The molecule has 1 aromatic carbocycles. The molecule has 0 aliphatic carbocycles. The van der Waals surface area contributed by atoms with E-state index in [1.807, 2.05) is 0 Å². The van der Waals surface area contributed by atoms with E-state index in [-0.39, 0.29) is 11.5 Å². The Labute approximate surface area is 112 Å². The van der Waals surface area contributed by atoms with E-state index in [1.54, 1.807) is 0 Å². The first-order valence-corrected chi connectivity index (χ1v) is 6.26. The SMILES string of the molecule is COC(=O)c1cc(F)ccc1CSc1n[nH]c(N)n1. The van der Waals surface area contributed by atoms with E-state index >= 15 is 0 Å². The highest BCUT2D eigenvalue weighted by molar-refractivity contribution is 7.98. The monoisotopic (exact) mass is 282 g/mol. The first-order valence-electron chi connectivity index (χ1n) is 5.27. The molecule has 0 bridgehead atoms. The number of hydrogen-bond acceptors (Lipinski definition) is 6. The number of hydrogen-bond donors (Lipinski definition) is 2. The fraction of sp³-hybridized carbons (Fsp3) is 0.182. The number of nitrogen functional groups attached to an aromatic ring is 1. The number of aromatic amines is 1. The minimum absolute atomic E-state index is 0.193. The van der Waals surface area contributed by atoms with Gasteiger partial charge in [-0.1, -0.05) is 17.8 Å². The number of benzene rings is 1. The predicted octanol–water partition coefficient (Wildman–Crippen LogP) is 1.60. The average Bonchev–Trinajstić information content (AvgIpc) is 2.82. The van der Waals surface area contributed by atoms with Crippen LogP contribution in [-0.2, 0) is 10.5 Å². The van der Waals surface area contributed by atoms with Crippen molar-refractivity contribution in [1.82, 2.24) is 15.2 Å². The van der Waals surface area contributed by atoms with Crippen LogP contribution in [0.1, 0.15) is 15.9 Å². The number of anilines is 1. The zero-order valence-corrected chi connectivity index (χ0v) is 10.8. The van der Waals surface area contributed by atoms with Gasteiger partial charge in [-0.3, -0.25) is 0 Å². The Kier molecular flexibility index (Phi) is 4.00. The molecule has 2 aromatic rings. The highest BCUT2D eigenvalue weighted by atomic mass is 32.2. The maximum Gasteiger partial charge on any atom is 0.338 e. The number of carbonyl (C=O) groups is 1. The third-order valence-corrected chi connectivity index (χ3v) is 3.21. The summed E-state index contributed by atoms with van der Waals surface area (Å²) in [7, 11) is 1.25. The summed E-state index contributed by atoms with van der Waals surface area (Å²) in [4.78, 5) is 15.5. The van der Waals surface area contributed by atoms with Gasteiger partial charge in [-0.25, -0.2) is 14.3 Å². The molecule has 0 fully saturated rings. The van der Waals surface area contributed by atoms with E-state index in [2.05, 4.69) is 19.9 Å². The van der Waals surface area contributed by atoms with Gasteiger partial charge in [-0.05, 0) is 17.7 Å². The quantitative estimate of drug-likeness (QED) is 0.653. The number of carbonyl (C=O) groups excluding carboxylic acids is 1. The molecule has 0 atom stereocenters. The number of esters is 1. The van der Waals surface area contributed by atoms with Gasteiger partial charge in [-0.2, -0.15) is 4.98 Å². The van der Waals surface area contributed by atoms with E-state index in [1.165, 1.54) is 31.0 Å². The van der Waals surface area contributed by atoms with Crippen molar-refractivity contribution in [3.63, 3.8) is 0 Å². The van der Waals surface area contributed by atoms with Crippen LogP contribution in [0, 0.1) is 5.82 Å². The predicted molar refractivity (Wildman–Crippen MR) is 68.1 cm³/mol. The lowest BCUT2D eigenvalue weighted by Gasteiger charge is -2.06. The molecule has 100 valence electrons. The number of nitrogens with zero attached hydrogens (tertiary/aromatic N) is 2. The third kappa shape index (κ3) is 3.22. The summed E-state index contributed by atoms with van der Waals surface area (Å²) < 4.78 is 17.8. The average molecular weight is 282 g/mol. The van der Waals surface area contributed by atoms with Crippen LogP contribution in [0.25, 0.3) is 0 Å². The van der Waals surface area contributed by atoms with Crippen LogP contribution in [0.15, 0.2) is 23.4 Å². The van der Waals surface area contributed by atoms with Crippen molar-refractivity contribution < 1.29 is 13.9 Å². The van der Waals surface area contributed by atoms with E-state index in [9.17, 15) is 9.18 Å². The van der Waals surface area contributed by atoms with Crippen molar-refractivity contribution in [1.29, 1.82) is 0 Å². The first-order chi connectivity index (χ1) is 9.10. The molecule has 0 amide bonds. The molecule has 8 heteroatoms. The second-order valence-electron chi connectivity index (χ2n) is 3.58. The van der Waals surface area contributed by atoms with Crippen LogP contribution in [-0.4, -0.2) is 28.3 Å². The smallest absolute Gasteiger partial charge is 0.338 e. The van der Waals surface area contributed by atoms with E-state index < -0.39 is 11.8 Å². The number of rotatable bonds is 4. The Bertz CT molecular complexity index is 602. The van der Waals surface area contributed by atoms with Gasteiger partial charge in [0.15, 0.2) is 0 Å². The summed E-state index contributed by atoms with van der Waals surface area (Å²) >= 11 is 1.28. The number of nitrogens with two attached hydrogens (primary N) is 1. The molecule has 0 saturated heterocycles. The summed E-state index contributed by atoms with van der Waals surface area (Å²) in [5, 5.41) is 6.82. The fourth-order valence-electron chi connectivity index (χ4n) is 1.44. The topological polar surface area (TPSA) is 93.9 Å². The first kappa shape index (κ1) is 13.3. The summed E-state index contributed by atoms with van der Waals surface area (Å²) in [6, 6.07) is 3.97. The molecule has 0 aliphatic heterocycles. The molecule has 0 aliphatic rings. The number of thioether (sulfide) groups is 1. The molecule has 0 unspecified atom stereocenters. The molecule has 2 rings (SSSR count). The second kappa shape index (κ2) is 5.70. The van der Waals surface area contributed by atoms with Gasteiger partial charge in [-0.15, -0.1) is 5.10 Å². The lowest BCUT2D eigenvalue weighted by molar-refractivity contribution is 0.0599. The molecular weight excluding hydrogens is 271 g/mol. The molecule has 1 aromatic heterocycles. The van der Waals surface area contributed by atoms with Crippen molar-refractivity contribution >= 4 is 23.7 Å². The zero-order chi connectivity index (χ0) is 13.8.